The smallest absolute Gasteiger partial charge is 0.310 e. The van der Waals surface area contributed by atoms with Gasteiger partial charge in [-0.25, -0.2) is 0 Å². The first-order valence-electron chi connectivity index (χ1n) is 6.35. The summed E-state index contributed by atoms with van der Waals surface area (Å²) in [7, 11) is 1.82. The van der Waals surface area contributed by atoms with E-state index in [1.54, 1.807) is 4.68 Å². The molecular weight excluding hydrogens is 252 g/mol. The van der Waals surface area contributed by atoms with Crippen LogP contribution in [0.4, 0.5) is 0 Å². The molecule has 1 rings (SSSR count). The van der Waals surface area contributed by atoms with Gasteiger partial charge in [0.25, 0.3) is 0 Å². The number of nitrogens with zero attached hydrogens (tertiary/aromatic N) is 2. The number of carbonyl (C=O) groups is 1. The fraction of sp³-hybridized carbons (Fsp3) is 0.692. The van der Waals surface area contributed by atoms with Gasteiger partial charge in [0.1, 0.15) is 0 Å². The lowest BCUT2D eigenvalue weighted by atomic mass is 9.78. The van der Waals surface area contributed by atoms with E-state index in [-0.39, 0.29) is 0 Å². The van der Waals surface area contributed by atoms with E-state index in [4.69, 9.17) is 11.6 Å². The lowest BCUT2D eigenvalue weighted by molar-refractivity contribution is -0.149. The summed E-state index contributed by atoms with van der Waals surface area (Å²) in [6.45, 7) is 5.80. The first-order valence-corrected chi connectivity index (χ1v) is 6.73. The lowest BCUT2D eigenvalue weighted by Crippen LogP contribution is -2.33. The van der Waals surface area contributed by atoms with Crippen molar-refractivity contribution in [3.05, 3.63) is 16.4 Å². The predicted octanol–water partition coefficient (Wildman–Crippen LogP) is 3.07. The number of hydrogen-bond donors (Lipinski definition) is 1. The second-order valence-corrected chi connectivity index (χ2v) is 5.03. The van der Waals surface area contributed by atoms with Crippen molar-refractivity contribution in [2.75, 3.05) is 0 Å². The van der Waals surface area contributed by atoms with E-state index in [0.717, 1.165) is 17.8 Å². The van der Waals surface area contributed by atoms with Gasteiger partial charge in [-0.15, -0.1) is 0 Å². The molecule has 1 aromatic heterocycles. The quantitative estimate of drug-likeness (QED) is 0.866. The van der Waals surface area contributed by atoms with Gasteiger partial charge in [-0.2, -0.15) is 5.10 Å². The zero-order valence-electron chi connectivity index (χ0n) is 11.5. The molecule has 0 saturated carbocycles. The maximum absolute atomic E-state index is 11.5. The van der Waals surface area contributed by atoms with Crippen molar-refractivity contribution < 1.29 is 9.90 Å². The van der Waals surface area contributed by atoms with Crippen molar-refractivity contribution in [2.24, 2.45) is 12.5 Å². The number of rotatable bonds is 6. The first kappa shape index (κ1) is 15.0. The van der Waals surface area contributed by atoms with Crippen molar-refractivity contribution in [3.8, 4) is 0 Å². The highest BCUT2D eigenvalue weighted by molar-refractivity contribution is 6.31. The SMILES string of the molecule is CCc1nn(C)c(CC(CC)(CC)C(=O)O)c1Cl. The van der Waals surface area contributed by atoms with Gasteiger partial charge in [-0.1, -0.05) is 32.4 Å². The molecule has 0 radical (unpaired) electrons. The molecule has 0 bridgehead atoms. The number of hydrogen-bond acceptors (Lipinski definition) is 2. The second kappa shape index (κ2) is 5.74. The minimum absolute atomic E-state index is 0.428. The lowest BCUT2D eigenvalue weighted by Gasteiger charge is -2.26. The molecule has 0 aromatic carbocycles. The monoisotopic (exact) mass is 272 g/mol. The molecular formula is C13H21ClN2O2. The molecule has 1 N–H and O–H groups in total. The van der Waals surface area contributed by atoms with Gasteiger partial charge in [-0.05, 0) is 19.3 Å². The standard InChI is InChI=1S/C13H21ClN2O2/c1-5-9-11(14)10(16(4)15-9)8-13(6-2,7-3)12(17)18/h5-8H2,1-4H3,(H,17,18). The topological polar surface area (TPSA) is 55.1 Å². The van der Waals surface area contributed by atoms with E-state index >= 15 is 0 Å². The van der Waals surface area contributed by atoms with Gasteiger partial charge in [0.15, 0.2) is 0 Å². The number of carboxylic acids is 1. The van der Waals surface area contributed by atoms with E-state index in [1.165, 1.54) is 0 Å². The van der Waals surface area contributed by atoms with E-state index in [2.05, 4.69) is 5.10 Å². The third kappa shape index (κ3) is 2.53. The Hall–Kier alpha value is -1.03. The van der Waals surface area contributed by atoms with E-state index in [0.29, 0.717) is 24.3 Å². The third-order valence-corrected chi connectivity index (χ3v) is 4.25. The first-order chi connectivity index (χ1) is 8.41. The van der Waals surface area contributed by atoms with Crippen LogP contribution in [-0.4, -0.2) is 20.9 Å². The highest BCUT2D eigenvalue weighted by Gasteiger charge is 2.37. The van der Waals surface area contributed by atoms with Crippen molar-refractivity contribution in [1.29, 1.82) is 0 Å². The molecule has 0 aliphatic rings. The molecule has 18 heavy (non-hydrogen) atoms. The van der Waals surface area contributed by atoms with Crippen molar-refractivity contribution in [3.63, 3.8) is 0 Å². The Kier molecular flexibility index (Phi) is 4.79. The summed E-state index contributed by atoms with van der Waals surface area (Å²) in [6, 6.07) is 0. The molecule has 0 saturated heterocycles. The summed E-state index contributed by atoms with van der Waals surface area (Å²) < 4.78 is 1.71. The largest absolute Gasteiger partial charge is 0.481 e. The molecule has 0 fully saturated rings. The summed E-state index contributed by atoms with van der Waals surface area (Å²) in [5.74, 6) is -0.761. The van der Waals surface area contributed by atoms with Crippen LogP contribution in [0, 0.1) is 5.41 Å². The average molecular weight is 273 g/mol. The van der Waals surface area contributed by atoms with Gasteiger partial charge in [0, 0.05) is 13.5 Å². The molecule has 0 amide bonds. The summed E-state index contributed by atoms with van der Waals surface area (Å²) in [5.41, 5.74) is 0.905. The average Bonchev–Trinajstić information content (AvgIpc) is 2.62. The van der Waals surface area contributed by atoms with Crippen LogP contribution in [0.3, 0.4) is 0 Å². The Morgan fingerprint density at radius 3 is 2.28 bits per heavy atom. The fourth-order valence-electron chi connectivity index (χ4n) is 2.21. The molecule has 0 spiro atoms. The van der Waals surface area contributed by atoms with Crippen molar-refractivity contribution in [2.45, 2.75) is 46.5 Å². The Morgan fingerprint density at radius 2 is 1.94 bits per heavy atom. The number of halogens is 1. The normalized spacial score (nSPS) is 11.8. The maximum Gasteiger partial charge on any atom is 0.310 e. The minimum atomic E-state index is -0.761. The molecule has 5 heteroatoms. The second-order valence-electron chi connectivity index (χ2n) is 4.65. The van der Waals surface area contributed by atoms with Crippen molar-refractivity contribution in [1.82, 2.24) is 9.78 Å². The summed E-state index contributed by atoms with van der Waals surface area (Å²) in [6.07, 6.45) is 2.35. The van der Waals surface area contributed by atoms with Crippen LogP contribution in [0.1, 0.15) is 45.0 Å². The Morgan fingerprint density at radius 1 is 1.39 bits per heavy atom. The van der Waals surface area contributed by atoms with Crippen LogP contribution in [0.5, 0.6) is 0 Å². The summed E-state index contributed by atoms with van der Waals surface area (Å²) in [5, 5.41) is 14.4. The predicted molar refractivity (Wildman–Crippen MR) is 72.0 cm³/mol. The molecule has 0 atom stereocenters. The van der Waals surface area contributed by atoms with E-state index in [1.807, 2.05) is 27.8 Å². The fourth-order valence-corrected chi connectivity index (χ4v) is 2.57. The number of carboxylic acid groups (broad SMARTS) is 1. The van der Waals surface area contributed by atoms with Crippen LogP contribution < -0.4 is 0 Å². The Labute approximate surface area is 113 Å². The van der Waals surface area contributed by atoms with Gasteiger partial charge in [-0.3, -0.25) is 9.48 Å². The number of aryl methyl sites for hydroxylation is 2. The van der Waals surface area contributed by atoms with Crippen LogP contribution in [0.25, 0.3) is 0 Å². The number of aromatic nitrogens is 2. The van der Waals surface area contributed by atoms with Crippen LogP contribution in [-0.2, 0) is 24.7 Å². The van der Waals surface area contributed by atoms with E-state index < -0.39 is 11.4 Å². The maximum atomic E-state index is 11.5. The van der Waals surface area contributed by atoms with Crippen LogP contribution >= 0.6 is 11.6 Å². The molecule has 4 nitrogen and oxygen atoms in total. The minimum Gasteiger partial charge on any atom is -0.481 e. The molecule has 0 aliphatic heterocycles. The van der Waals surface area contributed by atoms with Crippen molar-refractivity contribution >= 4 is 17.6 Å². The van der Waals surface area contributed by atoms with Gasteiger partial charge < -0.3 is 5.11 Å². The third-order valence-electron chi connectivity index (χ3n) is 3.82. The Bertz CT molecular complexity index is 436. The zero-order valence-corrected chi connectivity index (χ0v) is 12.2. The van der Waals surface area contributed by atoms with Gasteiger partial charge >= 0.3 is 5.97 Å². The Balaban J connectivity index is 3.16. The highest BCUT2D eigenvalue weighted by atomic mass is 35.5. The zero-order chi connectivity index (χ0) is 13.9. The van der Waals surface area contributed by atoms with Crippen LogP contribution in [0.2, 0.25) is 5.02 Å². The molecule has 1 aromatic rings. The summed E-state index contributed by atoms with van der Waals surface area (Å²) >= 11 is 6.28. The molecule has 1 heterocycles. The summed E-state index contributed by atoms with van der Waals surface area (Å²) in [4.78, 5) is 11.5. The highest BCUT2D eigenvalue weighted by Crippen LogP contribution is 2.34. The van der Waals surface area contributed by atoms with Crippen LogP contribution in [0.15, 0.2) is 0 Å². The molecule has 102 valence electrons. The van der Waals surface area contributed by atoms with E-state index in [9.17, 15) is 9.90 Å². The van der Waals surface area contributed by atoms with Gasteiger partial charge in [0.2, 0.25) is 0 Å². The molecule has 0 aliphatic carbocycles. The van der Waals surface area contributed by atoms with Gasteiger partial charge in [0.05, 0.1) is 21.8 Å². The molecule has 0 unspecified atom stereocenters. The number of aliphatic carboxylic acids is 1.